The maximum absolute atomic E-state index is 11.9. The average Bonchev–Trinajstić information content (AvgIpc) is 2.74. The normalized spacial score (nSPS) is 21.1. The predicted molar refractivity (Wildman–Crippen MR) is 71.3 cm³/mol. The molecule has 0 radical (unpaired) electrons. The summed E-state index contributed by atoms with van der Waals surface area (Å²) in [7, 11) is 0. The minimum Gasteiger partial charge on any atom is -0.381 e. The Morgan fingerprint density at radius 1 is 1.53 bits per heavy atom. The Morgan fingerprint density at radius 3 is 2.82 bits per heavy atom. The van der Waals surface area contributed by atoms with Crippen LogP contribution in [0, 0.1) is 5.92 Å². The molecule has 0 saturated carbocycles. The zero-order valence-corrected chi connectivity index (χ0v) is 11.7. The zero-order chi connectivity index (χ0) is 12.0. The van der Waals surface area contributed by atoms with Crippen LogP contribution in [0.15, 0.2) is 0 Å². The molecule has 0 aliphatic carbocycles. The molecule has 2 unspecified atom stereocenters. The zero-order valence-electron chi connectivity index (χ0n) is 10.9. The molecule has 1 aliphatic rings. The summed E-state index contributed by atoms with van der Waals surface area (Å²) < 4.78 is 5.38. The van der Waals surface area contributed by atoms with Crippen LogP contribution in [0.3, 0.4) is 0 Å². The van der Waals surface area contributed by atoms with Gasteiger partial charge in [-0.2, -0.15) is 0 Å². The molecular weight excluding hydrogens is 240 g/mol. The van der Waals surface area contributed by atoms with Gasteiger partial charge < -0.3 is 15.4 Å². The molecule has 102 valence electrons. The van der Waals surface area contributed by atoms with Crippen LogP contribution in [0.5, 0.6) is 0 Å². The molecule has 1 heterocycles. The van der Waals surface area contributed by atoms with Crippen LogP contribution in [-0.2, 0) is 9.53 Å². The van der Waals surface area contributed by atoms with Crippen molar-refractivity contribution in [2.24, 2.45) is 11.7 Å². The number of carbonyl (C=O) groups is 1. The van der Waals surface area contributed by atoms with E-state index < -0.39 is 0 Å². The van der Waals surface area contributed by atoms with Gasteiger partial charge in [0.15, 0.2) is 0 Å². The molecule has 0 aromatic heterocycles. The number of carbonyl (C=O) groups excluding carboxylic acids is 1. The van der Waals surface area contributed by atoms with E-state index >= 15 is 0 Å². The topological polar surface area (TPSA) is 55.6 Å². The van der Waals surface area contributed by atoms with E-state index in [0.717, 1.165) is 45.6 Å². The van der Waals surface area contributed by atoms with Crippen LogP contribution in [0.4, 0.5) is 0 Å². The lowest BCUT2D eigenvalue weighted by atomic mass is 10.1. The number of ether oxygens (including phenoxy) is 1. The molecule has 17 heavy (non-hydrogen) atoms. The predicted octanol–water partition coefficient (Wildman–Crippen LogP) is 1.42. The van der Waals surface area contributed by atoms with Gasteiger partial charge in [0.05, 0.1) is 12.6 Å². The quantitative estimate of drug-likeness (QED) is 0.790. The van der Waals surface area contributed by atoms with Gasteiger partial charge in [-0.25, -0.2) is 0 Å². The van der Waals surface area contributed by atoms with Crippen LogP contribution >= 0.6 is 12.4 Å². The first-order valence-electron chi connectivity index (χ1n) is 6.31. The molecule has 0 bridgehead atoms. The van der Waals surface area contributed by atoms with Gasteiger partial charge in [-0.3, -0.25) is 4.79 Å². The van der Waals surface area contributed by atoms with Crippen molar-refractivity contribution in [3.05, 3.63) is 0 Å². The summed E-state index contributed by atoms with van der Waals surface area (Å²) in [6.07, 6.45) is 2.79. The van der Waals surface area contributed by atoms with E-state index in [4.69, 9.17) is 10.5 Å². The molecule has 4 nitrogen and oxygen atoms in total. The highest BCUT2D eigenvalue weighted by Crippen LogP contribution is 2.17. The number of amides is 1. The lowest BCUT2D eigenvalue weighted by Crippen LogP contribution is -2.42. The summed E-state index contributed by atoms with van der Waals surface area (Å²) in [5.74, 6) is 0.610. The van der Waals surface area contributed by atoms with Gasteiger partial charge in [0.1, 0.15) is 0 Å². The monoisotopic (exact) mass is 264 g/mol. The largest absolute Gasteiger partial charge is 0.381 e. The fourth-order valence-electron chi connectivity index (χ4n) is 2.12. The van der Waals surface area contributed by atoms with Crippen molar-refractivity contribution in [3.63, 3.8) is 0 Å². The summed E-state index contributed by atoms with van der Waals surface area (Å²) in [4.78, 5) is 13.8. The third-order valence-electron chi connectivity index (χ3n) is 3.07. The standard InChI is InChI=1S/C12H24N2O2.ClH/c1-3-5-11(13)12(15)14-7-6-10(8-14)9-16-4-2;/h10-11H,3-9,13H2,1-2H3;1H. The molecule has 1 fully saturated rings. The highest BCUT2D eigenvalue weighted by molar-refractivity contribution is 5.85. The first-order valence-corrected chi connectivity index (χ1v) is 6.31. The average molecular weight is 265 g/mol. The minimum absolute atomic E-state index is 0. The number of hydrogen-bond donors (Lipinski definition) is 1. The molecule has 1 aliphatic heterocycles. The van der Waals surface area contributed by atoms with Gasteiger partial charge in [0, 0.05) is 25.6 Å². The van der Waals surface area contributed by atoms with E-state index in [1.165, 1.54) is 0 Å². The van der Waals surface area contributed by atoms with Crippen LogP contribution in [-0.4, -0.2) is 43.2 Å². The van der Waals surface area contributed by atoms with E-state index in [1.54, 1.807) is 0 Å². The Balaban J connectivity index is 0.00000256. The van der Waals surface area contributed by atoms with Crippen LogP contribution < -0.4 is 5.73 Å². The van der Waals surface area contributed by atoms with Gasteiger partial charge in [-0.05, 0) is 19.8 Å². The van der Waals surface area contributed by atoms with Gasteiger partial charge >= 0.3 is 0 Å². The summed E-state index contributed by atoms with van der Waals surface area (Å²) >= 11 is 0. The smallest absolute Gasteiger partial charge is 0.239 e. The van der Waals surface area contributed by atoms with Gasteiger partial charge in [-0.15, -0.1) is 12.4 Å². The van der Waals surface area contributed by atoms with E-state index in [9.17, 15) is 4.79 Å². The molecule has 5 heteroatoms. The van der Waals surface area contributed by atoms with Crippen molar-refractivity contribution in [2.45, 2.75) is 39.2 Å². The summed E-state index contributed by atoms with van der Waals surface area (Å²) in [5, 5.41) is 0. The Morgan fingerprint density at radius 2 is 2.24 bits per heavy atom. The van der Waals surface area contributed by atoms with Crippen molar-refractivity contribution in [3.8, 4) is 0 Å². The van der Waals surface area contributed by atoms with Gasteiger partial charge in [0.25, 0.3) is 0 Å². The Hall–Kier alpha value is -0.320. The van der Waals surface area contributed by atoms with E-state index in [2.05, 4.69) is 6.92 Å². The van der Waals surface area contributed by atoms with Crippen molar-refractivity contribution in [1.29, 1.82) is 0 Å². The maximum atomic E-state index is 11.9. The minimum atomic E-state index is -0.309. The fourth-order valence-corrected chi connectivity index (χ4v) is 2.12. The molecule has 1 rings (SSSR count). The van der Waals surface area contributed by atoms with Crippen LogP contribution in [0.2, 0.25) is 0 Å². The van der Waals surface area contributed by atoms with Gasteiger partial charge in [-0.1, -0.05) is 13.3 Å². The van der Waals surface area contributed by atoms with Crippen molar-refractivity contribution >= 4 is 18.3 Å². The second-order valence-electron chi connectivity index (χ2n) is 4.49. The molecule has 0 aromatic rings. The van der Waals surface area contributed by atoms with Crippen molar-refractivity contribution < 1.29 is 9.53 Å². The number of halogens is 1. The number of nitrogens with zero attached hydrogens (tertiary/aromatic N) is 1. The lowest BCUT2D eigenvalue weighted by Gasteiger charge is -2.20. The summed E-state index contributed by atoms with van der Waals surface area (Å²) in [6.45, 7) is 7.22. The fraction of sp³-hybridized carbons (Fsp3) is 0.917. The molecule has 1 saturated heterocycles. The van der Waals surface area contributed by atoms with Crippen molar-refractivity contribution in [2.75, 3.05) is 26.3 Å². The second-order valence-corrected chi connectivity index (χ2v) is 4.49. The van der Waals surface area contributed by atoms with E-state index in [-0.39, 0.29) is 24.4 Å². The third kappa shape index (κ3) is 5.23. The third-order valence-corrected chi connectivity index (χ3v) is 3.07. The molecular formula is C12H25ClN2O2. The van der Waals surface area contributed by atoms with Crippen molar-refractivity contribution in [1.82, 2.24) is 4.90 Å². The summed E-state index contributed by atoms with van der Waals surface area (Å²) in [5.41, 5.74) is 5.83. The lowest BCUT2D eigenvalue weighted by molar-refractivity contribution is -0.131. The summed E-state index contributed by atoms with van der Waals surface area (Å²) in [6, 6.07) is -0.309. The Labute approximate surface area is 110 Å². The number of likely N-dealkylation sites (tertiary alicyclic amines) is 1. The van der Waals surface area contributed by atoms with Crippen LogP contribution in [0.1, 0.15) is 33.1 Å². The molecule has 2 atom stereocenters. The van der Waals surface area contributed by atoms with E-state index in [0.29, 0.717) is 5.92 Å². The number of nitrogens with two attached hydrogens (primary N) is 1. The Kier molecular flexibility index (Phi) is 8.56. The SMILES string of the molecule is CCCC(N)C(=O)N1CCC(COCC)C1.Cl. The molecule has 0 aromatic carbocycles. The molecule has 2 N–H and O–H groups in total. The highest BCUT2D eigenvalue weighted by Gasteiger charge is 2.28. The first-order chi connectivity index (χ1) is 7.69. The van der Waals surface area contributed by atoms with Gasteiger partial charge in [0.2, 0.25) is 5.91 Å². The number of rotatable bonds is 6. The first kappa shape index (κ1) is 16.7. The second kappa shape index (κ2) is 8.72. The number of hydrogen-bond acceptors (Lipinski definition) is 3. The van der Waals surface area contributed by atoms with Crippen LogP contribution in [0.25, 0.3) is 0 Å². The highest BCUT2D eigenvalue weighted by atomic mass is 35.5. The van der Waals surface area contributed by atoms with E-state index in [1.807, 2.05) is 11.8 Å². The maximum Gasteiger partial charge on any atom is 0.239 e. The molecule has 1 amide bonds. The Bertz CT molecular complexity index is 227. The molecule has 0 spiro atoms.